The van der Waals surface area contributed by atoms with E-state index in [0.29, 0.717) is 6.04 Å². The number of nitrogens with zero attached hydrogens (tertiary/aromatic N) is 1. The van der Waals surface area contributed by atoms with Crippen molar-refractivity contribution in [3.05, 3.63) is 29.8 Å². The van der Waals surface area contributed by atoms with Gasteiger partial charge in [-0.2, -0.15) is 0 Å². The van der Waals surface area contributed by atoms with E-state index in [9.17, 15) is 5.11 Å². The summed E-state index contributed by atoms with van der Waals surface area (Å²) in [6.45, 7) is 2.26. The minimum atomic E-state index is 0.268. The minimum Gasteiger partial charge on any atom is -0.497 e. The van der Waals surface area contributed by atoms with Crippen LogP contribution in [-0.4, -0.2) is 36.3 Å². The van der Waals surface area contributed by atoms with E-state index in [4.69, 9.17) is 4.74 Å². The number of ether oxygens (including phenoxy) is 1. The molecule has 1 N–H and O–H groups in total. The summed E-state index contributed by atoms with van der Waals surface area (Å²) in [6.07, 6.45) is 4.87. The number of hydrogen-bond donors (Lipinski definition) is 1. The van der Waals surface area contributed by atoms with Crippen LogP contribution in [0.3, 0.4) is 0 Å². The molecular weight excluding hydrogens is 226 g/mol. The van der Waals surface area contributed by atoms with Crippen LogP contribution in [-0.2, 0) is 6.54 Å². The van der Waals surface area contributed by atoms with Crippen molar-refractivity contribution in [3.8, 4) is 5.75 Å². The first-order chi connectivity index (χ1) is 8.83. The third-order valence-corrected chi connectivity index (χ3v) is 3.73. The van der Waals surface area contributed by atoms with Crippen molar-refractivity contribution in [1.82, 2.24) is 4.90 Å². The van der Waals surface area contributed by atoms with Gasteiger partial charge in [0.25, 0.3) is 0 Å². The molecule has 0 spiro atoms. The molecule has 1 aliphatic rings. The highest BCUT2D eigenvalue weighted by Crippen LogP contribution is 2.20. The Labute approximate surface area is 109 Å². The Hall–Kier alpha value is -1.06. The summed E-state index contributed by atoms with van der Waals surface area (Å²) in [4.78, 5) is 2.40. The largest absolute Gasteiger partial charge is 0.497 e. The van der Waals surface area contributed by atoms with Gasteiger partial charge >= 0.3 is 0 Å². The molecule has 1 saturated heterocycles. The van der Waals surface area contributed by atoms with Gasteiger partial charge in [0.2, 0.25) is 0 Å². The highest BCUT2D eigenvalue weighted by Gasteiger charge is 2.20. The van der Waals surface area contributed by atoms with Crippen LogP contribution in [0.25, 0.3) is 0 Å². The summed E-state index contributed by atoms with van der Waals surface area (Å²) in [6, 6.07) is 8.52. The van der Waals surface area contributed by atoms with Gasteiger partial charge in [-0.15, -0.1) is 0 Å². The van der Waals surface area contributed by atoms with Gasteiger partial charge in [-0.1, -0.05) is 25.0 Å². The van der Waals surface area contributed by atoms with E-state index < -0.39 is 0 Å². The molecule has 1 unspecified atom stereocenters. The zero-order chi connectivity index (χ0) is 12.8. The van der Waals surface area contributed by atoms with Gasteiger partial charge in [0.1, 0.15) is 5.75 Å². The number of rotatable bonds is 4. The van der Waals surface area contributed by atoms with Crippen LogP contribution in [0.2, 0.25) is 0 Å². The topological polar surface area (TPSA) is 32.7 Å². The first kappa shape index (κ1) is 13.4. The van der Waals surface area contributed by atoms with Crippen LogP contribution in [0, 0.1) is 0 Å². The van der Waals surface area contributed by atoms with Crippen LogP contribution in [0.1, 0.15) is 31.2 Å². The van der Waals surface area contributed by atoms with Crippen molar-refractivity contribution < 1.29 is 9.84 Å². The summed E-state index contributed by atoms with van der Waals surface area (Å²) >= 11 is 0. The molecule has 18 heavy (non-hydrogen) atoms. The average molecular weight is 249 g/mol. The molecule has 3 nitrogen and oxygen atoms in total. The predicted octanol–water partition coefficient (Wildman–Crippen LogP) is 2.43. The Morgan fingerprint density at radius 2 is 2.22 bits per heavy atom. The maximum atomic E-state index is 9.50. The molecule has 0 bridgehead atoms. The Kier molecular flexibility index (Phi) is 5.02. The average Bonchev–Trinajstić information content (AvgIpc) is 2.64. The summed E-state index contributed by atoms with van der Waals surface area (Å²) in [7, 11) is 1.70. The van der Waals surface area contributed by atoms with Crippen molar-refractivity contribution in [2.75, 3.05) is 20.3 Å². The second-order valence-electron chi connectivity index (χ2n) is 5.01. The quantitative estimate of drug-likeness (QED) is 0.889. The van der Waals surface area contributed by atoms with Gasteiger partial charge in [0.15, 0.2) is 0 Å². The van der Waals surface area contributed by atoms with E-state index in [-0.39, 0.29) is 6.61 Å². The third kappa shape index (κ3) is 3.47. The SMILES string of the molecule is COc1cccc(CN2CCCCCC2CO)c1. The van der Waals surface area contributed by atoms with E-state index in [1.54, 1.807) is 7.11 Å². The number of hydrogen-bond acceptors (Lipinski definition) is 3. The maximum Gasteiger partial charge on any atom is 0.119 e. The fourth-order valence-corrected chi connectivity index (χ4v) is 2.66. The zero-order valence-corrected chi connectivity index (χ0v) is 11.1. The van der Waals surface area contributed by atoms with Gasteiger partial charge < -0.3 is 9.84 Å². The lowest BCUT2D eigenvalue weighted by molar-refractivity contribution is 0.118. The summed E-state index contributed by atoms with van der Waals surface area (Å²) in [5.41, 5.74) is 1.26. The molecule has 0 aromatic heterocycles. The molecule has 100 valence electrons. The lowest BCUT2D eigenvalue weighted by Crippen LogP contribution is -2.36. The van der Waals surface area contributed by atoms with Crippen molar-refractivity contribution in [1.29, 1.82) is 0 Å². The summed E-state index contributed by atoms with van der Waals surface area (Å²) in [5.74, 6) is 0.905. The summed E-state index contributed by atoms with van der Waals surface area (Å²) in [5, 5.41) is 9.50. The molecule has 0 saturated carbocycles. The number of aliphatic hydroxyl groups is 1. The second kappa shape index (κ2) is 6.76. The molecule has 0 aliphatic carbocycles. The van der Waals surface area contributed by atoms with Crippen molar-refractivity contribution in [2.24, 2.45) is 0 Å². The van der Waals surface area contributed by atoms with Crippen LogP contribution < -0.4 is 4.74 Å². The van der Waals surface area contributed by atoms with Gasteiger partial charge in [-0.25, -0.2) is 0 Å². The van der Waals surface area contributed by atoms with Crippen LogP contribution >= 0.6 is 0 Å². The molecule has 2 rings (SSSR count). The van der Waals surface area contributed by atoms with Crippen LogP contribution in [0.4, 0.5) is 0 Å². The zero-order valence-electron chi connectivity index (χ0n) is 11.1. The molecule has 0 amide bonds. The third-order valence-electron chi connectivity index (χ3n) is 3.73. The predicted molar refractivity (Wildman–Crippen MR) is 72.7 cm³/mol. The van der Waals surface area contributed by atoms with E-state index in [1.165, 1.54) is 24.8 Å². The molecule has 1 heterocycles. The van der Waals surface area contributed by atoms with Gasteiger partial charge in [0.05, 0.1) is 13.7 Å². The van der Waals surface area contributed by atoms with E-state index >= 15 is 0 Å². The van der Waals surface area contributed by atoms with Gasteiger partial charge in [0, 0.05) is 12.6 Å². The monoisotopic (exact) mass is 249 g/mol. The Bertz CT molecular complexity index is 367. The van der Waals surface area contributed by atoms with Crippen LogP contribution in [0.5, 0.6) is 5.75 Å². The van der Waals surface area contributed by atoms with E-state index in [2.05, 4.69) is 17.0 Å². The second-order valence-corrected chi connectivity index (χ2v) is 5.01. The molecule has 1 fully saturated rings. The molecule has 1 aromatic rings. The molecule has 0 radical (unpaired) electrons. The number of benzene rings is 1. The van der Waals surface area contributed by atoms with Gasteiger partial charge in [-0.05, 0) is 37.1 Å². The smallest absolute Gasteiger partial charge is 0.119 e. The first-order valence-corrected chi connectivity index (χ1v) is 6.81. The molecule has 3 heteroatoms. The minimum absolute atomic E-state index is 0.268. The Morgan fingerprint density at radius 3 is 3.00 bits per heavy atom. The van der Waals surface area contributed by atoms with Crippen molar-refractivity contribution in [3.63, 3.8) is 0 Å². The van der Waals surface area contributed by atoms with Crippen LogP contribution in [0.15, 0.2) is 24.3 Å². The molecule has 1 atom stereocenters. The molecule has 1 aromatic carbocycles. The number of aliphatic hydroxyl groups excluding tert-OH is 1. The number of methoxy groups -OCH3 is 1. The first-order valence-electron chi connectivity index (χ1n) is 6.81. The Morgan fingerprint density at radius 1 is 1.33 bits per heavy atom. The lowest BCUT2D eigenvalue weighted by atomic mass is 10.1. The highest BCUT2D eigenvalue weighted by molar-refractivity contribution is 5.28. The van der Waals surface area contributed by atoms with Gasteiger partial charge in [-0.3, -0.25) is 4.90 Å². The lowest BCUT2D eigenvalue weighted by Gasteiger charge is -2.28. The maximum absolute atomic E-state index is 9.50. The van der Waals surface area contributed by atoms with Crippen molar-refractivity contribution >= 4 is 0 Å². The van der Waals surface area contributed by atoms with E-state index in [1.807, 2.05) is 12.1 Å². The molecule has 1 aliphatic heterocycles. The van der Waals surface area contributed by atoms with Crippen molar-refractivity contribution in [2.45, 2.75) is 38.3 Å². The fourth-order valence-electron chi connectivity index (χ4n) is 2.66. The van der Waals surface area contributed by atoms with E-state index in [0.717, 1.165) is 25.3 Å². The standard InChI is InChI=1S/C15H23NO2/c1-18-15-8-5-6-13(10-15)11-16-9-4-2-3-7-14(16)12-17/h5-6,8,10,14,17H,2-4,7,9,11-12H2,1H3. The molecular formula is C15H23NO2. The summed E-state index contributed by atoms with van der Waals surface area (Å²) < 4.78 is 5.25. The number of likely N-dealkylation sites (tertiary alicyclic amines) is 1. The normalized spacial score (nSPS) is 21.6. The Balaban J connectivity index is 2.05. The highest BCUT2D eigenvalue weighted by atomic mass is 16.5. The fraction of sp³-hybridized carbons (Fsp3) is 0.600.